The fraction of sp³-hybridized carbons (Fsp3) is 0.562. The van der Waals surface area contributed by atoms with E-state index < -0.39 is 0 Å². The van der Waals surface area contributed by atoms with Crippen LogP contribution in [0.15, 0.2) is 18.3 Å². The molecule has 2 aliphatic rings. The first-order chi connectivity index (χ1) is 11.0. The van der Waals surface area contributed by atoms with Crippen molar-refractivity contribution in [3.63, 3.8) is 0 Å². The van der Waals surface area contributed by atoms with Crippen LogP contribution in [0, 0.1) is 11.8 Å². The molecule has 7 heteroatoms. The number of aromatic nitrogens is 1. The smallest absolute Gasteiger partial charge is 0.242 e. The third kappa shape index (κ3) is 4.05. The summed E-state index contributed by atoms with van der Waals surface area (Å²) in [6.45, 7) is 4.25. The lowest BCUT2D eigenvalue weighted by atomic mass is 9.99. The van der Waals surface area contributed by atoms with Gasteiger partial charge in [-0.25, -0.2) is 10.4 Å². The number of nitrogens with one attached hydrogen (secondary N) is 4. The van der Waals surface area contributed by atoms with E-state index in [1.807, 2.05) is 0 Å². The summed E-state index contributed by atoms with van der Waals surface area (Å²) < 4.78 is 0. The Balaban J connectivity index is 1.51. The zero-order chi connectivity index (χ0) is 16.4. The monoisotopic (exact) mass is 317 g/mol. The first-order valence-corrected chi connectivity index (χ1v) is 8.12. The van der Waals surface area contributed by atoms with Crippen molar-refractivity contribution in [2.75, 3.05) is 10.6 Å². The molecule has 23 heavy (non-hydrogen) atoms. The molecule has 0 radical (unpaired) electrons. The summed E-state index contributed by atoms with van der Waals surface area (Å²) in [5.41, 5.74) is 6.79. The molecule has 2 unspecified atom stereocenters. The lowest BCUT2D eigenvalue weighted by Gasteiger charge is -2.13. The molecule has 1 aliphatic carbocycles. The molecule has 2 fully saturated rings. The third-order valence-electron chi connectivity index (χ3n) is 4.28. The van der Waals surface area contributed by atoms with E-state index in [1.54, 1.807) is 18.3 Å². The molecule has 0 spiro atoms. The van der Waals surface area contributed by atoms with Crippen molar-refractivity contribution in [3.05, 3.63) is 18.3 Å². The largest absolute Gasteiger partial charge is 0.323 e. The van der Waals surface area contributed by atoms with Crippen LogP contribution in [0.4, 0.5) is 11.5 Å². The van der Waals surface area contributed by atoms with Crippen LogP contribution >= 0.6 is 0 Å². The predicted molar refractivity (Wildman–Crippen MR) is 87.5 cm³/mol. The number of nitrogens with zero attached hydrogens (tertiary/aromatic N) is 1. The molecule has 2 amide bonds. The molecule has 0 aromatic carbocycles. The molecule has 1 saturated heterocycles. The van der Waals surface area contributed by atoms with Crippen LogP contribution in [-0.4, -0.2) is 28.9 Å². The summed E-state index contributed by atoms with van der Waals surface area (Å²) in [6, 6.07) is 3.49. The van der Waals surface area contributed by atoms with Gasteiger partial charge >= 0.3 is 0 Å². The zero-order valence-corrected chi connectivity index (χ0v) is 13.4. The molecule has 1 saturated carbocycles. The first kappa shape index (κ1) is 15.9. The summed E-state index contributed by atoms with van der Waals surface area (Å²) in [6.07, 6.45) is 4.23. The topological polar surface area (TPSA) is 95.2 Å². The molecule has 1 aliphatic heterocycles. The number of carbonyl (C=O) groups is 2. The lowest BCUT2D eigenvalue weighted by Crippen LogP contribution is -2.40. The quantitative estimate of drug-likeness (QED) is 0.656. The Morgan fingerprint density at radius 2 is 1.96 bits per heavy atom. The van der Waals surface area contributed by atoms with E-state index in [1.165, 1.54) is 0 Å². The molecule has 7 nitrogen and oxygen atoms in total. The highest BCUT2D eigenvalue weighted by Crippen LogP contribution is 2.30. The fourth-order valence-electron chi connectivity index (χ4n) is 2.54. The van der Waals surface area contributed by atoms with Crippen molar-refractivity contribution >= 4 is 23.3 Å². The van der Waals surface area contributed by atoms with Crippen molar-refractivity contribution in [2.45, 2.75) is 45.2 Å². The minimum absolute atomic E-state index is 0.0234. The van der Waals surface area contributed by atoms with Gasteiger partial charge in [-0.2, -0.15) is 0 Å². The lowest BCUT2D eigenvalue weighted by molar-refractivity contribution is -0.118. The molecule has 3 rings (SSSR count). The number of anilines is 2. The van der Waals surface area contributed by atoms with Gasteiger partial charge in [0.1, 0.15) is 11.9 Å². The number of pyridine rings is 1. The predicted octanol–water partition coefficient (Wildman–Crippen LogP) is 1.26. The molecular weight excluding hydrogens is 294 g/mol. The molecular formula is C16H23N5O2. The van der Waals surface area contributed by atoms with E-state index in [-0.39, 0.29) is 23.8 Å². The maximum atomic E-state index is 12.2. The Morgan fingerprint density at radius 1 is 1.17 bits per heavy atom. The second-order valence-corrected chi connectivity index (χ2v) is 6.61. The highest BCUT2D eigenvalue weighted by atomic mass is 16.2. The SMILES string of the molecule is CC(C)C1CC(C(=O)Nc2ccc(NC(=O)C3CC3)nc2)NN1. The number of hydrogen-bond acceptors (Lipinski definition) is 5. The summed E-state index contributed by atoms with van der Waals surface area (Å²) in [4.78, 5) is 28.1. The zero-order valence-electron chi connectivity index (χ0n) is 13.4. The van der Waals surface area contributed by atoms with E-state index in [0.29, 0.717) is 23.5 Å². The number of hydrazine groups is 1. The second-order valence-electron chi connectivity index (χ2n) is 6.61. The van der Waals surface area contributed by atoms with Gasteiger partial charge in [-0.15, -0.1) is 0 Å². The maximum absolute atomic E-state index is 12.2. The number of amides is 2. The number of carbonyl (C=O) groups excluding carboxylic acids is 2. The number of rotatable bonds is 5. The molecule has 1 aromatic rings. The van der Waals surface area contributed by atoms with Gasteiger partial charge in [0, 0.05) is 12.0 Å². The van der Waals surface area contributed by atoms with Gasteiger partial charge in [0.2, 0.25) is 11.8 Å². The molecule has 124 valence electrons. The third-order valence-corrected chi connectivity index (χ3v) is 4.28. The first-order valence-electron chi connectivity index (χ1n) is 8.12. The summed E-state index contributed by atoms with van der Waals surface area (Å²) in [5, 5.41) is 5.61. The van der Waals surface area contributed by atoms with E-state index >= 15 is 0 Å². The van der Waals surface area contributed by atoms with Crippen molar-refractivity contribution in [1.29, 1.82) is 0 Å². The van der Waals surface area contributed by atoms with Gasteiger partial charge in [0.25, 0.3) is 0 Å². The molecule has 2 atom stereocenters. The van der Waals surface area contributed by atoms with Crippen molar-refractivity contribution < 1.29 is 9.59 Å². The van der Waals surface area contributed by atoms with E-state index in [4.69, 9.17) is 0 Å². The van der Waals surface area contributed by atoms with Crippen LogP contribution in [0.25, 0.3) is 0 Å². The standard InChI is InChI=1S/C16H23N5O2/c1-9(2)12-7-13(21-20-12)16(23)18-11-5-6-14(17-8-11)19-15(22)10-3-4-10/h5-6,8-10,12-13,20-21H,3-4,7H2,1-2H3,(H,18,23)(H,17,19,22). The summed E-state index contributed by atoms with van der Waals surface area (Å²) in [5.74, 6) is 1.07. The van der Waals surface area contributed by atoms with E-state index in [0.717, 1.165) is 19.3 Å². The normalized spacial score (nSPS) is 23.8. The van der Waals surface area contributed by atoms with Crippen LogP contribution in [0.5, 0.6) is 0 Å². The van der Waals surface area contributed by atoms with Gasteiger partial charge in [-0.05, 0) is 37.3 Å². The minimum atomic E-state index is -0.253. The van der Waals surface area contributed by atoms with Crippen LogP contribution in [0.1, 0.15) is 33.1 Å². The van der Waals surface area contributed by atoms with E-state index in [9.17, 15) is 9.59 Å². The van der Waals surface area contributed by atoms with Crippen molar-refractivity contribution in [2.24, 2.45) is 11.8 Å². The Labute approximate surface area is 135 Å². The van der Waals surface area contributed by atoms with Crippen LogP contribution in [0.2, 0.25) is 0 Å². The molecule has 0 bridgehead atoms. The van der Waals surface area contributed by atoms with Crippen molar-refractivity contribution in [3.8, 4) is 0 Å². The summed E-state index contributed by atoms with van der Waals surface area (Å²) >= 11 is 0. The Hall–Kier alpha value is -1.99. The Kier molecular flexibility index (Phi) is 4.58. The molecule has 1 aromatic heterocycles. The van der Waals surface area contributed by atoms with E-state index in [2.05, 4.69) is 40.3 Å². The molecule has 2 heterocycles. The molecule has 4 N–H and O–H groups in total. The fourth-order valence-corrected chi connectivity index (χ4v) is 2.54. The highest BCUT2D eigenvalue weighted by Gasteiger charge is 2.31. The van der Waals surface area contributed by atoms with Gasteiger partial charge in [0.05, 0.1) is 11.9 Å². The minimum Gasteiger partial charge on any atom is -0.323 e. The van der Waals surface area contributed by atoms with Crippen LogP contribution < -0.4 is 21.5 Å². The Morgan fingerprint density at radius 3 is 2.52 bits per heavy atom. The van der Waals surface area contributed by atoms with Gasteiger partial charge < -0.3 is 10.6 Å². The van der Waals surface area contributed by atoms with Crippen LogP contribution in [-0.2, 0) is 9.59 Å². The number of hydrogen-bond donors (Lipinski definition) is 4. The average Bonchev–Trinajstić information content (AvgIpc) is 3.25. The highest BCUT2D eigenvalue weighted by molar-refractivity contribution is 5.95. The summed E-state index contributed by atoms with van der Waals surface area (Å²) in [7, 11) is 0. The van der Waals surface area contributed by atoms with Gasteiger partial charge in [0.15, 0.2) is 0 Å². The van der Waals surface area contributed by atoms with Gasteiger partial charge in [-0.3, -0.25) is 15.0 Å². The van der Waals surface area contributed by atoms with Crippen molar-refractivity contribution in [1.82, 2.24) is 15.8 Å². The Bertz CT molecular complexity index is 583. The van der Waals surface area contributed by atoms with Gasteiger partial charge in [-0.1, -0.05) is 13.8 Å². The van der Waals surface area contributed by atoms with Crippen LogP contribution in [0.3, 0.4) is 0 Å². The average molecular weight is 317 g/mol. The maximum Gasteiger partial charge on any atom is 0.242 e. The second kappa shape index (κ2) is 6.64.